The molecular formula is C13H24N2O4. The average Bonchev–Trinajstić information content (AvgIpc) is 2.94. The summed E-state index contributed by atoms with van der Waals surface area (Å²) < 4.78 is 15.7. The number of hydrogen-bond acceptors (Lipinski definition) is 6. The van der Waals surface area contributed by atoms with Crippen LogP contribution < -0.4 is 5.32 Å². The second kappa shape index (κ2) is 9.63. The quantitative estimate of drug-likeness (QED) is 0.466. The number of esters is 1. The fourth-order valence-corrected chi connectivity index (χ4v) is 1.55. The molecule has 0 amide bonds. The van der Waals surface area contributed by atoms with Gasteiger partial charge in [-0.05, 0) is 13.3 Å². The molecule has 110 valence electrons. The highest BCUT2D eigenvalue weighted by atomic mass is 16.6. The summed E-state index contributed by atoms with van der Waals surface area (Å²) in [6.45, 7) is 7.08. The van der Waals surface area contributed by atoms with Crippen molar-refractivity contribution in [3.05, 3.63) is 12.4 Å². The van der Waals surface area contributed by atoms with E-state index in [4.69, 9.17) is 14.2 Å². The first-order valence-corrected chi connectivity index (χ1v) is 6.73. The van der Waals surface area contributed by atoms with Crippen molar-refractivity contribution in [3.63, 3.8) is 0 Å². The van der Waals surface area contributed by atoms with E-state index in [2.05, 4.69) is 12.2 Å². The number of hydrogen-bond donors (Lipinski definition) is 1. The normalized spacial score (nSPS) is 15.4. The van der Waals surface area contributed by atoms with Crippen molar-refractivity contribution in [2.75, 3.05) is 39.7 Å². The lowest BCUT2D eigenvalue weighted by molar-refractivity contribution is -0.150. The predicted octanol–water partition coefficient (Wildman–Crippen LogP) is 0.695. The maximum absolute atomic E-state index is 11.7. The Hall–Kier alpha value is -1.27. The SMILES string of the molecule is CCCOCCOCCOC(=O)C(C)N1C=CNC1. The fraction of sp³-hybridized carbons (Fsp3) is 0.769. The molecule has 0 aromatic carbocycles. The van der Waals surface area contributed by atoms with Crippen LogP contribution in [-0.2, 0) is 19.0 Å². The molecule has 0 aliphatic carbocycles. The number of carbonyl (C=O) groups is 1. The molecule has 6 nitrogen and oxygen atoms in total. The van der Waals surface area contributed by atoms with E-state index in [9.17, 15) is 4.79 Å². The highest BCUT2D eigenvalue weighted by molar-refractivity contribution is 5.75. The molecule has 0 radical (unpaired) electrons. The van der Waals surface area contributed by atoms with Crippen molar-refractivity contribution in [3.8, 4) is 0 Å². The summed E-state index contributed by atoms with van der Waals surface area (Å²) in [7, 11) is 0. The van der Waals surface area contributed by atoms with E-state index in [-0.39, 0.29) is 18.6 Å². The van der Waals surface area contributed by atoms with Gasteiger partial charge in [0.1, 0.15) is 12.6 Å². The predicted molar refractivity (Wildman–Crippen MR) is 71.3 cm³/mol. The third kappa shape index (κ3) is 6.45. The first kappa shape index (κ1) is 15.8. The second-order valence-electron chi connectivity index (χ2n) is 4.26. The van der Waals surface area contributed by atoms with E-state index in [0.717, 1.165) is 13.0 Å². The van der Waals surface area contributed by atoms with Crippen LogP contribution in [0.4, 0.5) is 0 Å². The van der Waals surface area contributed by atoms with Gasteiger partial charge in [-0.15, -0.1) is 0 Å². The van der Waals surface area contributed by atoms with Gasteiger partial charge in [0.2, 0.25) is 0 Å². The molecule has 1 atom stereocenters. The molecule has 0 spiro atoms. The monoisotopic (exact) mass is 272 g/mol. The summed E-state index contributed by atoms with van der Waals surface area (Å²) in [4.78, 5) is 13.6. The Morgan fingerprint density at radius 3 is 2.58 bits per heavy atom. The molecule has 0 aromatic rings. The Morgan fingerprint density at radius 2 is 1.95 bits per heavy atom. The van der Waals surface area contributed by atoms with Crippen LogP contribution in [0.15, 0.2) is 12.4 Å². The third-order valence-corrected chi connectivity index (χ3v) is 2.69. The third-order valence-electron chi connectivity index (χ3n) is 2.69. The van der Waals surface area contributed by atoms with Crippen LogP contribution in [0.25, 0.3) is 0 Å². The molecule has 6 heteroatoms. The van der Waals surface area contributed by atoms with Gasteiger partial charge in [-0.2, -0.15) is 0 Å². The molecule has 1 aliphatic heterocycles. The number of nitrogens with zero attached hydrogens (tertiary/aromatic N) is 1. The van der Waals surface area contributed by atoms with Gasteiger partial charge in [0.25, 0.3) is 0 Å². The lowest BCUT2D eigenvalue weighted by Crippen LogP contribution is -2.37. The molecule has 1 heterocycles. The van der Waals surface area contributed by atoms with E-state index in [0.29, 0.717) is 26.5 Å². The summed E-state index contributed by atoms with van der Waals surface area (Å²) >= 11 is 0. The molecule has 1 rings (SSSR count). The van der Waals surface area contributed by atoms with Gasteiger partial charge in [-0.3, -0.25) is 0 Å². The Morgan fingerprint density at radius 1 is 1.26 bits per heavy atom. The molecule has 0 saturated carbocycles. The fourth-order valence-electron chi connectivity index (χ4n) is 1.55. The number of carbonyl (C=O) groups excluding carboxylic acids is 1. The molecule has 0 fully saturated rings. The Bertz CT molecular complexity index is 284. The second-order valence-corrected chi connectivity index (χ2v) is 4.26. The van der Waals surface area contributed by atoms with Crippen LogP contribution in [-0.4, -0.2) is 56.6 Å². The molecular weight excluding hydrogens is 248 g/mol. The van der Waals surface area contributed by atoms with Crippen LogP contribution in [0.5, 0.6) is 0 Å². The van der Waals surface area contributed by atoms with Crippen molar-refractivity contribution in [2.45, 2.75) is 26.3 Å². The van der Waals surface area contributed by atoms with Crippen LogP contribution in [0.3, 0.4) is 0 Å². The first-order chi connectivity index (χ1) is 9.25. The molecule has 0 aromatic heterocycles. The lowest BCUT2D eigenvalue weighted by atomic mass is 10.3. The van der Waals surface area contributed by atoms with Crippen molar-refractivity contribution in [2.24, 2.45) is 0 Å². The summed E-state index contributed by atoms with van der Waals surface area (Å²) in [5, 5.41) is 3.01. The standard InChI is InChI=1S/C13H24N2O4/c1-3-6-17-7-8-18-9-10-19-13(16)12(2)15-5-4-14-11-15/h4-5,12,14H,3,6-11H2,1-2H3. The van der Waals surface area contributed by atoms with Gasteiger partial charge in [0.05, 0.1) is 26.5 Å². The summed E-state index contributed by atoms with van der Waals surface area (Å²) in [6.07, 6.45) is 4.66. The summed E-state index contributed by atoms with van der Waals surface area (Å²) in [5.74, 6) is -0.237. The van der Waals surface area contributed by atoms with E-state index in [1.165, 1.54) is 0 Å². The van der Waals surface area contributed by atoms with Crippen LogP contribution in [0, 0.1) is 0 Å². The van der Waals surface area contributed by atoms with E-state index >= 15 is 0 Å². The molecule has 19 heavy (non-hydrogen) atoms. The zero-order chi connectivity index (χ0) is 13.9. The summed E-state index contributed by atoms with van der Waals surface area (Å²) in [6, 6.07) is -0.279. The maximum Gasteiger partial charge on any atom is 0.328 e. The zero-order valence-corrected chi connectivity index (χ0v) is 11.8. The van der Waals surface area contributed by atoms with E-state index < -0.39 is 0 Å². The summed E-state index contributed by atoms with van der Waals surface area (Å²) in [5.41, 5.74) is 0. The minimum atomic E-state index is -0.279. The van der Waals surface area contributed by atoms with Gasteiger partial charge in [-0.1, -0.05) is 6.92 Å². The number of nitrogens with one attached hydrogen (secondary N) is 1. The van der Waals surface area contributed by atoms with Crippen LogP contribution in [0.2, 0.25) is 0 Å². The molecule has 1 aliphatic rings. The molecule has 0 saturated heterocycles. The molecule has 0 bridgehead atoms. The number of ether oxygens (including phenoxy) is 3. The maximum atomic E-state index is 11.7. The lowest BCUT2D eigenvalue weighted by Gasteiger charge is -2.21. The van der Waals surface area contributed by atoms with Crippen LogP contribution in [0.1, 0.15) is 20.3 Å². The Balaban J connectivity index is 1.96. The highest BCUT2D eigenvalue weighted by Crippen LogP contribution is 2.04. The number of rotatable bonds is 10. The zero-order valence-electron chi connectivity index (χ0n) is 11.8. The van der Waals surface area contributed by atoms with Crippen molar-refractivity contribution in [1.82, 2.24) is 10.2 Å². The minimum absolute atomic E-state index is 0.237. The van der Waals surface area contributed by atoms with Gasteiger partial charge in [0.15, 0.2) is 0 Å². The molecule has 1 unspecified atom stereocenters. The van der Waals surface area contributed by atoms with Crippen molar-refractivity contribution >= 4 is 5.97 Å². The van der Waals surface area contributed by atoms with Crippen molar-refractivity contribution in [1.29, 1.82) is 0 Å². The van der Waals surface area contributed by atoms with Gasteiger partial charge < -0.3 is 24.4 Å². The Kier molecular flexibility index (Phi) is 8.00. The van der Waals surface area contributed by atoms with Gasteiger partial charge in [0, 0.05) is 19.0 Å². The van der Waals surface area contributed by atoms with E-state index in [1.54, 1.807) is 0 Å². The molecule has 1 N–H and O–H groups in total. The largest absolute Gasteiger partial charge is 0.462 e. The smallest absolute Gasteiger partial charge is 0.328 e. The Labute approximate surface area is 114 Å². The van der Waals surface area contributed by atoms with E-state index in [1.807, 2.05) is 24.2 Å². The highest BCUT2D eigenvalue weighted by Gasteiger charge is 2.21. The average molecular weight is 272 g/mol. The van der Waals surface area contributed by atoms with Crippen molar-refractivity contribution < 1.29 is 19.0 Å². The van der Waals surface area contributed by atoms with Crippen LogP contribution >= 0.6 is 0 Å². The topological polar surface area (TPSA) is 60.0 Å². The van der Waals surface area contributed by atoms with Gasteiger partial charge in [-0.25, -0.2) is 4.79 Å². The van der Waals surface area contributed by atoms with Gasteiger partial charge >= 0.3 is 5.97 Å². The minimum Gasteiger partial charge on any atom is -0.462 e. The first-order valence-electron chi connectivity index (χ1n) is 6.73.